The topological polar surface area (TPSA) is 192 Å². The molecule has 2 saturated heterocycles. The highest BCUT2D eigenvalue weighted by molar-refractivity contribution is 7.90. The van der Waals surface area contributed by atoms with Gasteiger partial charge in [-0.2, -0.15) is 0 Å². The summed E-state index contributed by atoms with van der Waals surface area (Å²) in [5.74, 6) is -0.668. The summed E-state index contributed by atoms with van der Waals surface area (Å²) in [7, 11) is -4.71. The number of H-pyrrole nitrogens is 1. The molecule has 1 spiro atoms. The fourth-order valence-electron chi connectivity index (χ4n) is 11.7. The zero-order chi connectivity index (χ0) is 47.5. The van der Waals surface area contributed by atoms with Gasteiger partial charge in [-0.25, -0.2) is 22.5 Å². The minimum atomic E-state index is -4.71. The number of hydrogen-bond donors (Lipinski definition) is 4. The molecule has 2 aliphatic carbocycles. The summed E-state index contributed by atoms with van der Waals surface area (Å²) in [4.78, 5) is 37.3. The van der Waals surface area contributed by atoms with Crippen LogP contribution in [0.5, 0.6) is 17.2 Å². The van der Waals surface area contributed by atoms with E-state index in [0.29, 0.717) is 48.8 Å². The Labute approximate surface area is 396 Å². The van der Waals surface area contributed by atoms with Gasteiger partial charge in [0.05, 0.1) is 38.6 Å². The number of aromatic amines is 1. The Morgan fingerprint density at radius 1 is 1.06 bits per heavy atom. The van der Waals surface area contributed by atoms with E-state index < -0.39 is 42.9 Å². The van der Waals surface area contributed by atoms with Crippen molar-refractivity contribution >= 4 is 44.0 Å². The Morgan fingerprint density at radius 3 is 2.57 bits per heavy atom. The largest absolute Gasteiger partial charge is 0.489 e. The quantitative estimate of drug-likeness (QED) is 0.0685. The molecule has 0 radical (unpaired) electrons. The van der Waals surface area contributed by atoms with Crippen LogP contribution in [0.25, 0.3) is 11.0 Å². The van der Waals surface area contributed by atoms with Gasteiger partial charge in [0.1, 0.15) is 29.6 Å². The minimum absolute atomic E-state index is 0.0171. The Hall–Kier alpha value is -5.78. The molecule has 4 N–H and O–H groups in total. The fraction of sp³-hybridized carbons (Fsp3) is 0.490. The zero-order valence-electron chi connectivity index (χ0n) is 38.8. The number of aliphatic hydroxyl groups is 1. The molecule has 1 amide bonds. The highest BCUT2D eigenvalue weighted by Crippen LogP contribution is 2.54. The van der Waals surface area contributed by atoms with E-state index in [1.165, 1.54) is 54.6 Å². The SMILES string of the molecule is CC(C)c1ccccc1[C@H]1CCCN1C1CC2(CCN(c3ccc(C(=O)NS(=O)(=O)c4cc5c(c([N+](=O)[O-])c4)N[C@@H](CC4CCC(C)(O)CC4)CO5)c(Oc4cnc5[nH]cc(F)c5c4)c3)CC2)C1. The van der Waals surface area contributed by atoms with Gasteiger partial charge in [0, 0.05) is 55.3 Å². The Morgan fingerprint density at radius 2 is 1.82 bits per heavy atom. The van der Waals surface area contributed by atoms with Gasteiger partial charge in [0.15, 0.2) is 11.4 Å². The van der Waals surface area contributed by atoms with E-state index in [1.807, 2.05) is 6.92 Å². The van der Waals surface area contributed by atoms with Crippen LogP contribution in [0.2, 0.25) is 0 Å². The first-order valence-electron chi connectivity index (χ1n) is 24.1. The van der Waals surface area contributed by atoms with Crippen LogP contribution in [0.4, 0.5) is 21.5 Å². The van der Waals surface area contributed by atoms with Gasteiger partial charge >= 0.3 is 0 Å². The molecule has 15 nitrogen and oxygen atoms in total. The number of piperidine rings is 1. The highest BCUT2D eigenvalue weighted by atomic mass is 32.2. The second-order valence-electron chi connectivity index (χ2n) is 20.6. The molecule has 68 heavy (non-hydrogen) atoms. The fourth-order valence-corrected chi connectivity index (χ4v) is 12.7. The van der Waals surface area contributed by atoms with Gasteiger partial charge < -0.3 is 29.8 Å². The number of pyridine rings is 1. The molecule has 17 heteroatoms. The van der Waals surface area contributed by atoms with Crippen LogP contribution in [0.1, 0.15) is 125 Å². The van der Waals surface area contributed by atoms with Crippen LogP contribution in [0.15, 0.2) is 78.0 Å². The number of ether oxygens (including phenoxy) is 2. The second-order valence-corrected chi connectivity index (χ2v) is 22.2. The number of carbonyl (C=O) groups is 1. The van der Waals surface area contributed by atoms with Crippen molar-refractivity contribution in [3.8, 4) is 17.2 Å². The smallest absolute Gasteiger partial charge is 0.297 e. The van der Waals surface area contributed by atoms with E-state index in [1.54, 1.807) is 12.1 Å². The van der Waals surface area contributed by atoms with Gasteiger partial charge in [-0.1, -0.05) is 38.1 Å². The van der Waals surface area contributed by atoms with Crippen molar-refractivity contribution in [3.63, 3.8) is 0 Å². The van der Waals surface area contributed by atoms with E-state index in [2.05, 4.69) is 67.9 Å². The maximum absolute atomic E-state index is 14.7. The Balaban J connectivity index is 0.853. The average Bonchev–Trinajstić information content (AvgIpc) is 3.94. The number of halogens is 1. The number of rotatable bonds is 12. The average molecular weight is 950 g/mol. The molecule has 3 aromatic carbocycles. The van der Waals surface area contributed by atoms with Crippen molar-refractivity contribution in [1.82, 2.24) is 19.6 Å². The lowest BCUT2D eigenvalue weighted by atomic mass is 9.59. The number of fused-ring (bicyclic) bond motifs is 2. The lowest BCUT2D eigenvalue weighted by molar-refractivity contribution is -0.384. The van der Waals surface area contributed by atoms with Crippen molar-refractivity contribution < 1.29 is 37.1 Å². The highest BCUT2D eigenvalue weighted by Gasteiger charge is 2.50. The van der Waals surface area contributed by atoms with Crippen molar-refractivity contribution in [3.05, 3.63) is 106 Å². The number of hydrogen-bond acceptors (Lipinski definition) is 12. The van der Waals surface area contributed by atoms with Crippen LogP contribution in [0.3, 0.4) is 0 Å². The molecule has 2 atom stereocenters. The molecule has 2 aromatic heterocycles. The molecule has 0 unspecified atom stereocenters. The summed E-state index contributed by atoms with van der Waals surface area (Å²) in [6, 6.07) is 18.2. The molecule has 10 rings (SSSR count). The number of likely N-dealkylation sites (tertiary alicyclic amines) is 1. The van der Waals surface area contributed by atoms with Crippen molar-refractivity contribution in [2.75, 3.05) is 36.5 Å². The van der Waals surface area contributed by atoms with Gasteiger partial charge in [-0.15, -0.1) is 0 Å². The van der Waals surface area contributed by atoms with Gasteiger partial charge in [-0.05, 0) is 131 Å². The third-order valence-electron chi connectivity index (χ3n) is 15.5. The monoisotopic (exact) mass is 949 g/mol. The predicted molar refractivity (Wildman–Crippen MR) is 257 cm³/mol. The van der Waals surface area contributed by atoms with Gasteiger partial charge in [-0.3, -0.25) is 19.8 Å². The van der Waals surface area contributed by atoms with E-state index in [-0.39, 0.29) is 51.9 Å². The van der Waals surface area contributed by atoms with Gasteiger partial charge in [0.25, 0.3) is 21.6 Å². The molecule has 360 valence electrons. The first kappa shape index (κ1) is 46.0. The van der Waals surface area contributed by atoms with Crippen molar-refractivity contribution in [2.24, 2.45) is 11.3 Å². The summed E-state index contributed by atoms with van der Waals surface area (Å²) in [5, 5.41) is 26.2. The molecule has 2 saturated carbocycles. The normalized spacial score (nSPS) is 24.0. The van der Waals surface area contributed by atoms with Gasteiger partial charge in [0.2, 0.25) is 0 Å². The van der Waals surface area contributed by atoms with E-state index in [0.717, 1.165) is 69.9 Å². The number of sulfonamides is 1. The number of nitrogens with one attached hydrogen (secondary N) is 3. The number of carbonyl (C=O) groups excluding carboxylic acids is 1. The zero-order valence-corrected chi connectivity index (χ0v) is 39.6. The molecular formula is C51H60FN7O8S. The third-order valence-corrected chi connectivity index (χ3v) is 16.8. The van der Waals surface area contributed by atoms with Crippen LogP contribution in [0, 0.1) is 27.3 Å². The number of anilines is 2. The number of nitro groups is 1. The molecule has 4 fully saturated rings. The summed E-state index contributed by atoms with van der Waals surface area (Å²) in [6.45, 7) is 9.22. The molecule has 0 bridgehead atoms. The third kappa shape index (κ3) is 9.11. The number of nitrogens with zero attached hydrogens (tertiary/aromatic N) is 4. The summed E-state index contributed by atoms with van der Waals surface area (Å²) < 4.78 is 56.9. The Bertz CT molecular complexity index is 2840. The van der Waals surface area contributed by atoms with E-state index >= 15 is 0 Å². The number of benzene rings is 3. The molecule has 5 aliphatic rings. The molecule has 3 aliphatic heterocycles. The van der Waals surface area contributed by atoms with Crippen LogP contribution in [-0.4, -0.2) is 83.1 Å². The maximum Gasteiger partial charge on any atom is 0.297 e. The summed E-state index contributed by atoms with van der Waals surface area (Å²) >= 11 is 0. The van der Waals surface area contributed by atoms with E-state index in [4.69, 9.17) is 9.47 Å². The predicted octanol–water partition coefficient (Wildman–Crippen LogP) is 9.73. The standard InChI is InChI=1S/C51H60FN7O8S/c1-31(2)38-7-4-5-8-39(38)43-9-6-18-58(43)35-26-51(27-35)16-19-57(20-17-51)34-10-11-40(45(22-34)67-36-23-41-42(52)29-54-48(41)53-28-36)49(60)56-68(64,65)37-24-44(59(62)63)47-46(25-37)66-30-33(55-47)21-32-12-14-50(3,61)15-13-32/h4-5,7-8,10-11,22-25,28-29,31-33,35,43,55,61H,6,9,12-21,26-27,30H2,1-3H3,(H,53,54)(H,56,60)/t32?,33-,43+,50?/m0/s1. The van der Waals surface area contributed by atoms with Crippen LogP contribution >= 0.6 is 0 Å². The number of aromatic nitrogens is 2. The summed E-state index contributed by atoms with van der Waals surface area (Å²) in [6.07, 6.45) is 12.9. The second kappa shape index (κ2) is 17.9. The lowest BCUT2D eigenvalue weighted by Gasteiger charge is -2.56. The number of amides is 1. The molecular weight excluding hydrogens is 890 g/mol. The van der Waals surface area contributed by atoms with Crippen molar-refractivity contribution in [1.29, 1.82) is 0 Å². The van der Waals surface area contributed by atoms with Crippen LogP contribution < -0.4 is 24.4 Å². The van der Waals surface area contributed by atoms with E-state index in [9.17, 15) is 32.8 Å². The lowest BCUT2D eigenvalue weighted by Crippen LogP contribution is -2.54. The Kier molecular flexibility index (Phi) is 12.1. The van der Waals surface area contributed by atoms with Crippen molar-refractivity contribution in [2.45, 2.75) is 126 Å². The first-order chi connectivity index (χ1) is 32.5. The summed E-state index contributed by atoms with van der Waals surface area (Å²) in [5.41, 5.74) is 3.01. The molecule has 5 aromatic rings. The minimum Gasteiger partial charge on any atom is -0.489 e. The first-order valence-corrected chi connectivity index (χ1v) is 25.6. The molecule has 5 heterocycles. The maximum atomic E-state index is 14.7. The van der Waals surface area contributed by atoms with Crippen LogP contribution in [-0.2, 0) is 10.0 Å². The number of nitro benzene ring substituents is 1.